The quantitative estimate of drug-likeness (QED) is 0.571. The predicted molar refractivity (Wildman–Crippen MR) is 112 cm³/mol. The average molecular weight is 412 g/mol. The number of ether oxygens (including phenoxy) is 1. The summed E-state index contributed by atoms with van der Waals surface area (Å²) in [6.45, 7) is 4.16. The molecule has 0 spiro atoms. The van der Waals surface area contributed by atoms with Crippen molar-refractivity contribution in [3.05, 3.63) is 53.1 Å². The summed E-state index contributed by atoms with van der Waals surface area (Å²) < 4.78 is 7.20. The van der Waals surface area contributed by atoms with Crippen LogP contribution in [0.15, 0.2) is 42.5 Å². The van der Waals surface area contributed by atoms with Crippen molar-refractivity contribution in [1.82, 2.24) is 14.5 Å². The average Bonchev–Trinajstić information content (AvgIpc) is 3.29. The number of fused-ring (bicyclic) bond motifs is 1. The Balaban J connectivity index is 1.74. The van der Waals surface area contributed by atoms with Gasteiger partial charge < -0.3 is 14.2 Å². The predicted octanol–water partition coefficient (Wildman–Crippen LogP) is 4.16. The van der Waals surface area contributed by atoms with Gasteiger partial charge in [-0.1, -0.05) is 11.6 Å². The Morgan fingerprint density at radius 3 is 2.66 bits per heavy atom. The molecule has 4 rings (SSSR count). The van der Waals surface area contributed by atoms with Gasteiger partial charge in [0.05, 0.1) is 23.2 Å². The minimum atomic E-state index is -0.361. The Hall–Kier alpha value is -2.86. The van der Waals surface area contributed by atoms with Gasteiger partial charge in [0.1, 0.15) is 5.82 Å². The maximum absolute atomic E-state index is 12.1. The molecular formula is C22H22ClN3O3. The zero-order valence-electron chi connectivity index (χ0n) is 16.2. The van der Waals surface area contributed by atoms with Gasteiger partial charge in [-0.2, -0.15) is 0 Å². The van der Waals surface area contributed by atoms with Crippen LogP contribution in [0.3, 0.4) is 0 Å². The first kappa shape index (κ1) is 19.5. The summed E-state index contributed by atoms with van der Waals surface area (Å²) in [7, 11) is 0. The van der Waals surface area contributed by atoms with E-state index in [9.17, 15) is 9.59 Å². The molecule has 6 nitrogen and oxygen atoms in total. The fourth-order valence-corrected chi connectivity index (χ4v) is 3.80. The van der Waals surface area contributed by atoms with E-state index >= 15 is 0 Å². The van der Waals surface area contributed by atoms with E-state index in [1.165, 1.54) is 0 Å². The number of hydrogen-bond donors (Lipinski definition) is 0. The summed E-state index contributed by atoms with van der Waals surface area (Å²) in [5.41, 5.74) is 3.03. The van der Waals surface area contributed by atoms with Gasteiger partial charge in [0.2, 0.25) is 5.91 Å². The van der Waals surface area contributed by atoms with Crippen LogP contribution in [0.2, 0.25) is 5.02 Å². The molecule has 0 aliphatic carbocycles. The molecular weight excluding hydrogens is 390 g/mol. The fourth-order valence-electron chi connectivity index (χ4n) is 3.68. The molecule has 0 atom stereocenters. The van der Waals surface area contributed by atoms with E-state index in [-0.39, 0.29) is 11.9 Å². The van der Waals surface area contributed by atoms with Crippen molar-refractivity contribution in [3.63, 3.8) is 0 Å². The summed E-state index contributed by atoms with van der Waals surface area (Å²) in [6, 6.07) is 12.9. The first-order chi connectivity index (χ1) is 14.1. The van der Waals surface area contributed by atoms with Gasteiger partial charge in [-0.25, -0.2) is 9.78 Å². The van der Waals surface area contributed by atoms with E-state index in [4.69, 9.17) is 21.3 Å². The van der Waals surface area contributed by atoms with Crippen molar-refractivity contribution in [2.24, 2.45) is 0 Å². The molecule has 2 aromatic carbocycles. The zero-order valence-corrected chi connectivity index (χ0v) is 17.0. The minimum absolute atomic E-state index is 0.201. The van der Waals surface area contributed by atoms with E-state index < -0.39 is 0 Å². The molecule has 0 N–H and O–H groups in total. The van der Waals surface area contributed by atoms with Gasteiger partial charge in [0.25, 0.3) is 0 Å². The number of hydrogen-bond acceptors (Lipinski definition) is 4. The van der Waals surface area contributed by atoms with Gasteiger partial charge in [0, 0.05) is 36.6 Å². The fraction of sp³-hybridized carbons (Fsp3) is 0.318. The molecule has 1 aliphatic rings. The van der Waals surface area contributed by atoms with Crippen molar-refractivity contribution < 1.29 is 14.3 Å². The van der Waals surface area contributed by atoms with Gasteiger partial charge >= 0.3 is 5.97 Å². The molecule has 1 aromatic heterocycles. The molecule has 1 amide bonds. The highest BCUT2D eigenvalue weighted by molar-refractivity contribution is 6.30. The molecule has 0 bridgehead atoms. The van der Waals surface area contributed by atoms with E-state index in [1.54, 1.807) is 19.1 Å². The number of carbonyl (C=O) groups excluding carboxylic acids is 2. The third-order valence-electron chi connectivity index (χ3n) is 5.13. The highest BCUT2D eigenvalue weighted by Crippen LogP contribution is 2.27. The van der Waals surface area contributed by atoms with E-state index in [0.717, 1.165) is 29.9 Å². The lowest BCUT2D eigenvalue weighted by Crippen LogP contribution is -2.28. The van der Waals surface area contributed by atoms with E-state index in [1.807, 2.05) is 35.2 Å². The smallest absolute Gasteiger partial charge is 0.338 e. The number of rotatable bonds is 6. The van der Waals surface area contributed by atoms with Crippen molar-refractivity contribution in [2.75, 3.05) is 19.7 Å². The maximum Gasteiger partial charge on any atom is 0.338 e. The Morgan fingerprint density at radius 1 is 1.17 bits per heavy atom. The second-order valence-corrected chi connectivity index (χ2v) is 7.44. The number of benzene rings is 2. The second-order valence-electron chi connectivity index (χ2n) is 7.00. The topological polar surface area (TPSA) is 64.4 Å². The normalized spacial score (nSPS) is 14.0. The Bertz CT molecular complexity index is 1060. The molecule has 29 heavy (non-hydrogen) atoms. The highest BCUT2D eigenvalue weighted by Gasteiger charge is 2.21. The first-order valence-electron chi connectivity index (χ1n) is 9.78. The number of aromatic nitrogens is 2. The molecule has 3 aromatic rings. The first-order valence-corrected chi connectivity index (χ1v) is 10.2. The third kappa shape index (κ3) is 3.98. The highest BCUT2D eigenvalue weighted by atomic mass is 35.5. The number of likely N-dealkylation sites (tertiary alicyclic amines) is 1. The van der Waals surface area contributed by atoms with Crippen LogP contribution in [0.5, 0.6) is 0 Å². The van der Waals surface area contributed by atoms with Gasteiger partial charge in [-0.05, 0) is 55.8 Å². The molecule has 1 aliphatic heterocycles. The SMILES string of the molecule is CCOC(=O)c1ccc2c(c1)nc(-c1ccc(Cl)cc1)n2CCN1CCCC1=O. The molecule has 0 radical (unpaired) electrons. The van der Waals surface area contributed by atoms with Gasteiger partial charge in [-0.3, -0.25) is 4.79 Å². The number of amides is 1. The van der Waals surface area contributed by atoms with E-state index in [2.05, 4.69) is 4.57 Å². The zero-order chi connectivity index (χ0) is 20.4. The number of nitrogens with zero attached hydrogens (tertiary/aromatic N) is 3. The molecule has 2 heterocycles. The molecule has 0 saturated carbocycles. The van der Waals surface area contributed by atoms with Crippen LogP contribution < -0.4 is 0 Å². The maximum atomic E-state index is 12.1. The van der Waals surface area contributed by atoms with Crippen LogP contribution in [0, 0.1) is 0 Å². The molecule has 1 fully saturated rings. The summed E-state index contributed by atoms with van der Waals surface area (Å²) in [5, 5.41) is 0.656. The summed E-state index contributed by atoms with van der Waals surface area (Å²) in [4.78, 5) is 30.8. The van der Waals surface area contributed by atoms with Crippen molar-refractivity contribution in [2.45, 2.75) is 26.3 Å². The third-order valence-corrected chi connectivity index (χ3v) is 5.38. The van der Waals surface area contributed by atoms with Crippen molar-refractivity contribution >= 4 is 34.5 Å². The number of carbonyl (C=O) groups is 2. The van der Waals surface area contributed by atoms with Gasteiger partial charge in [0.15, 0.2) is 0 Å². The number of imidazole rings is 1. The molecule has 1 saturated heterocycles. The van der Waals surface area contributed by atoms with Crippen LogP contribution in [0.25, 0.3) is 22.4 Å². The van der Waals surface area contributed by atoms with Crippen LogP contribution in [-0.4, -0.2) is 46.0 Å². The Kier molecular flexibility index (Phi) is 5.53. The Morgan fingerprint density at radius 2 is 1.97 bits per heavy atom. The van der Waals surface area contributed by atoms with Gasteiger partial charge in [-0.15, -0.1) is 0 Å². The summed E-state index contributed by atoms with van der Waals surface area (Å²) in [6.07, 6.45) is 1.54. The molecule has 7 heteroatoms. The summed E-state index contributed by atoms with van der Waals surface area (Å²) >= 11 is 6.04. The monoisotopic (exact) mass is 411 g/mol. The lowest BCUT2D eigenvalue weighted by Gasteiger charge is -2.17. The minimum Gasteiger partial charge on any atom is -0.462 e. The lowest BCUT2D eigenvalue weighted by molar-refractivity contribution is -0.127. The lowest BCUT2D eigenvalue weighted by atomic mass is 10.2. The number of halogens is 1. The summed E-state index contributed by atoms with van der Waals surface area (Å²) in [5.74, 6) is 0.621. The Labute approximate surface area is 174 Å². The van der Waals surface area contributed by atoms with Crippen LogP contribution in [0.1, 0.15) is 30.1 Å². The largest absolute Gasteiger partial charge is 0.462 e. The van der Waals surface area contributed by atoms with E-state index in [0.29, 0.717) is 42.2 Å². The van der Waals surface area contributed by atoms with Crippen LogP contribution >= 0.6 is 11.6 Å². The number of esters is 1. The van der Waals surface area contributed by atoms with Crippen LogP contribution in [-0.2, 0) is 16.1 Å². The van der Waals surface area contributed by atoms with Crippen LogP contribution in [0.4, 0.5) is 0 Å². The van der Waals surface area contributed by atoms with Crippen molar-refractivity contribution in [3.8, 4) is 11.4 Å². The second kappa shape index (κ2) is 8.25. The molecule has 0 unspecified atom stereocenters. The van der Waals surface area contributed by atoms with Crippen molar-refractivity contribution in [1.29, 1.82) is 0 Å². The molecule has 150 valence electrons. The standard InChI is InChI=1S/C22H22ClN3O3/c1-2-29-22(28)16-7-10-19-18(14-16)24-21(15-5-8-17(23)9-6-15)26(19)13-12-25-11-3-4-20(25)27/h5-10,14H,2-4,11-13H2,1H3.